The molecular weight excluding hydrogens is 248 g/mol. The minimum absolute atomic E-state index is 0.320. The van der Waals surface area contributed by atoms with Crippen LogP contribution >= 0.6 is 11.3 Å². The van der Waals surface area contributed by atoms with Gasteiger partial charge in [0.2, 0.25) is 0 Å². The van der Waals surface area contributed by atoms with Gasteiger partial charge in [0.25, 0.3) is 0 Å². The van der Waals surface area contributed by atoms with E-state index in [2.05, 4.69) is 4.98 Å². The van der Waals surface area contributed by atoms with E-state index in [1.54, 1.807) is 13.1 Å². The monoisotopic (exact) mass is 262 g/mol. The molecule has 0 bridgehead atoms. The Morgan fingerprint density at radius 1 is 1.39 bits per heavy atom. The maximum atomic E-state index is 11.5. The summed E-state index contributed by atoms with van der Waals surface area (Å²) in [6.07, 6.45) is 1.55. The van der Waals surface area contributed by atoms with Crippen LogP contribution in [0.2, 0.25) is 0 Å². The fourth-order valence-corrected chi connectivity index (χ4v) is 2.30. The molecule has 0 unspecified atom stereocenters. The van der Waals surface area contributed by atoms with Crippen LogP contribution in [0, 0.1) is 0 Å². The molecule has 4 nitrogen and oxygen atoms in total. The third-order valence-electron chi connectivity index (χ3n) is 2.42. The summed E-state index contributed by atoms with van der Waals surface area (Å²) in [5, 5.41) is 0.807. The van der Waals surface area contributed by atoms with E-state index in [0.29, 0.717) is 18.0 Å². The van der Waals surface area contributed by atoms with Gasteiger partial charge in [0, 0.05) is 12.1 Å². The Morgan fingerprint density at radius 2 is 2.11 bits per heavy atom. The number of nitrogens with zero attached hydrogens (tertiary/aromatic N) is 1. The van der Waals surface area contributed by atoms with E-state index >= 15 is 0 Å². The topological polar surface area (TPSA) is 65.2 Å². The molecule has 2 rings (SSSR count). The van der Waals surface area contributed by atoms with E-state index < -0.39 is 0 Å². The van der Waals surface area contributed by atoms with Crippen LogP contribution in [0.3, 0.4) is 0 Å². The normalized spacial score (nSPS) is 10.3. The second-order valence-corrected chi connectivity index (χ2v) is 4.68. The Labute approximate surface area is 109 Å². The van der Waals surface area contributed by atoms with Crippen LogP contribution in [0.4, 0.5) is 0 Å². The van der Waals surface area contributed by atoms with Gasteiger partial charge < -0.3 is 10.5 Å². The van der Waals surface area contributed by atoms with Crippen molar-refractivity contribution in [2.45, 2.75) is 13.5 Å². The fraction of sp³-hybridized carbons (Fsp3) is 0.231. The number of rotatable bonds is 4. The van der Waals surface area contributed by atoms with Crippen molar-refractivity contribution < 1.29 is 9.53 Å². The molecule has 0 saturated carbocycles. The lowest BCUT2D eigenvalue weighted by Gasteiger charge is -1.99. The molecule has 0 saturated heterocycles. The number of carbonyl (C=O) groups is 1. The smallest absolute Gasteiger partial charge is 0.349 e. The average Bonchev–Trinajstić information content (AvgIpc) is 2.89. The largest absolute Gasteiger partial charge is 0.462 e. The number of aromatic nitrogens is 1. The molecule has 0 amide bonds. The van der Waals surface area contributed by atoms with Gasteiger partial charge in [-0.2, -0.15) is 0 Å². The number of thiazole rings is 1. The molecular formula is C13H14N2O2S. The third-order valence-corrected chi connectivity index (χ3v) is 3.45. The maximum Gasteiger partial charge on any atom is 0.349 e. The molecule has 0 aliphatic rings. The highest BCUT2D eigenvalue weighted by atomic mass is 32.1. The Bertz CT molecular complexity index is 534. The summed E-state index contributed by atoms with van der Waals surface area (Å²) < 4.78 is 4.93. The average molecular weight is 262 g/mol. The summed E-state index contributed by atoms with van der Waals surface area (Å²) in [4.78, 5) is 16.3. The zero-order valence-electron chi connectivity index (χ0n) is 10.1. The minimum atomic E-state index is -0.320. The number of hydrogen-bond donors (Lipinski definition) is 1. The lowest BCUT2D eigenvalue weighted by Crippen LogP contribution is -2.01. The number of ether oxygens (including phenoxy) is 1. The van der Waals surface area contributed by atoms with Gasteiger partial charge in [0.15, 0.2) is 0 Å². The second kappa shape index (κ2) is 5.75. The third kappa shape index (κ3) is 2.75. The van der Waals surface area contributed by atoms with Crippen molar-refractivity contribution in [3.8, 4) is 10.6 Å². The first kappa shape index (κ1) is 12.7. The molecule has 5 heteroatoms. The number of hydrogen-bond acceptors (Lipinski definition) is 5. The van der Waals surface area contributed by atoms with Crippen molar-refractivity contribution in [3.63, 3.8) is 0 Å². The molecule has 2 N–H and O–H groups in total. The van der Waals surface area contributed by atoms with Crippen LogP contribution in [-0.2, 0) is 11.3 Å². The van der Waals surface area contributed by atoms with Gasteiger partial charge >= 0.3 is 5.97 Å². The Kier molecular flexibility index (Phi) is 4.07. The van der Waals surface area contributed by atoms with E-state index in [1.165, 1.54) is 11.3 Å². The summed E-state index contributed by atoms with van der Waals surface area (Å²) in [7, 11) is 0. The number of benzene rings is 1. The highest BCUT2D eigenvalue weighted by Gasteiger charge is 2.12. The SMILES string of the molecule is CCOC(=O)c1cnc(-c2ccc(CN)cc2)s1. The van der Waals surface area contributed by atoms with E-state index in [1.807, 2.05) is 24.3 Å². The first-order valence-corrected chi connectivity index (χ1v) is 6.48. The molecule has 18 heavy (non-hydrogen) atoms. The van der Waals surface area contributed by atoms with Crippen LogP contribution < -0.4 is 5.73 Å². The maximum absolute atomic E-state index is 11.5. The molecule has 0 aliphatic carbocycles. The van der Waals surface area contributed by atoms with Crippen molar-refractivity contribution >= 4 is 17.3 Å². The predicted octanol–water partition coefficient (Wildman–Crippen LogP) is 2.45. The van der Waals surface area contributed by atoms with Crippen LogP contribution in [0.15, 0.2) is 30.5 Å². The van der Waals surface area contributed by atoms with E-state index in [9.17, 15) is 4.79 Å². The predicted molar refractivity (Wildman–Crippen MR) is 71.4 cm³/mol. The molecule has 1 heterocycles. The first-order chi connectivity index (χ1) is 8.74. The van der Waals surface area contributed by atoms with Gasteiger partial charge in [0.05, 0.1) is 12.8 Å². The van der Waals surface area contributed by atoms with Gasteiger partial charge in [-0.05, 0) is 12.5 Å². The van der Waals surface area contributed by atoms with Gasteiger partial charge in [0.1, 0.15) is 9.88 Å². The molecule has 1 aromatic carbocycles. The van der Waals surface area contributed by atoms with E-state index in [0.717, 1.165) is 16.1 Å². The van der Waals surface area contributed by atoms with Crippen molar-refractivity contribution in [1.82, 2.24) is 4.98 Å². The molecule has 1 aromatic heterocycles. The van der Waals surface area contributed by atoms with Crippen molar-refractivity contribution in [1.29, 1.82) is 0 Å². The summed E-state index contributed by atoms with van der Waals surface area (Å²) >= 11 is 1.33. The van der Waals surface area contributed by atoms with Crippen LogP contribution in [0.25, 0.3) is 10.6 Å². The lowest BCUT2D eigenvalue weighted by molar-refractivity contribution is 0.0532. The molecule has 0 aliphatic heterocycles. The van der Waals surface area contributed by atoms with E-state index in [-0.39, 0.29) is 5.97 Å². The number of nitrogens with two attached hydrogens (primary N) is 1. The van der Waals surface area contributed by atoms with Crippen LogP contribution in [-0.4, -0.2) is 17.6 Å². The molecule has 0 atom stereocenters. The highest BCUT2D eigenvalue weighted by molar-refractivity contribution is 7.16. The molecule has 0 fully saturated rings. The summed E-state index contributed by atoms with van der Waals surface area (Å²) in [5.74, 6) is -0.320. The lowest BCUT2D eigenvalue weighted by atomic mass is 10.1. The zero-order valence-corrected chi connectivity index (χ0v) is 10.9. The second-order valence-electron chi connectivity index (χ2n) is 3.65. The van der Waals surface area contributed by atoms with Gasteiger partial charge in [-0.1, -0.05) is 24.3 Å². The number of carbonyl (C=O) groups excluding carboxylic acids is 1. The molecule has 0 spiro atoms. The van der Waals surface area contributed by atoms with Crippen molar-refractivity contribution in [2.24, 2.45) is 5.73 Å². The zero-order chi connectivity index (χ0) is 13.0. The van der Waals surface area contributed by atoms with Crippen LogP contribution in [0.1, 0.15) is 22.2 Å². The molecule has 0 radical (unpaired) electrons. The Hall–Kier alpha value is -1.72. The van der Waals surface area contributed by atoms with Crippen molar-refractivity contribution in [3.05, 3.63) is 40.9 Å². The molecule has 94 valence electrons. The van der Waals surface area contributed by atoms with Gasteiger partial charge in [-0.15, -0.1) is 11.3 Å². The Balaban J connectivity index is 2.20. The standard InChI is InChI=1S/C13H14N2O2S/c1-2-17-13(16)11-8-15-12(18-11)10-5-3-9(7-14)4-6-10/h3-6,8H,2,7,14H2,1H3. The summed E-state index contributed by atoms with van der Waals surface area (Å²) in [6.45, 7) is 2.68. The van der Waals surface area contributed by atoms with E-state index in [4.69, 9.17) is 10.5 Å². The van der Waals surface area contributed by atoms with Gasteiger partial charge in [-0.3, -0.25) is 0 Å². The quantitative estimate of drug-likeness (QED) is 0.859. The van der Waals surface area contributed by atoms with Crippen LogP contribution in [0.5, 0.6) is 0 Å². The van der Waals surface area contributed by atoms with Gasteiger partial charge in [-0.25, -0.2) is 9.78 Å². The number of esters is 1. The molecule has 2 aromatic rings. The minimum Gasteiger partial charge on any atom is -0.462 e. The summed E-state index contributed by atoms with van der Waals surface area (Å²) in [6, 6.07) is 7.83. The first-order valence-electron chi connectivity index (χ1n) is 5.67. The summed E-state index contributed by atoms with van der Waals surface area (Å²) in [5.41, 5.74) is 7.59. The Morgan fingerprint density at radius 3 is 2.72 bits per heavy atom. The van der Waals surface area contributed by atoms with Crippen molar-refractivity contribution in [2.75, 3.05) is 6.61 Å². The highest BCUT2D eigenvalue weighted by Crippen LogP contribution is 2.25. The fourth-order valence-electron chi connectivity index (χ4n) is 1.49.